The Morgan fingerprint density at radius 3 is 2.62 bits per heavy atom. The van der Waals surface area contributed by atoms with Gasteiger partial charge in [0.1, 0.15) is 11.8 Å². The molecule has 1 aromatic rings. The third kappa shape index (κ3) is 4.88. The molecule has 2 N–H and O–H groups in total. The molecule has 0 spiro atoms. The molecule has 2 aliphatic heterocycles. The smallest absolute Gasteiger partial charge is 0.414 e. The van der Waals surface area contributed by atoms with E-state index in [1.807, 2.05) is 17.4 Å². The van der Waals surface area contributed by atoms with E-state index < -0.39 is 36.2 Å². The molecule has 1 aromatic carbocycles. The van der Waals surface area contributed by atoms with Crippen molar-refractivity contribution in [3.8, 4) is 0 Å². The maximum atomic E-state index is 14.7. The number of alkyl halides is 2. The number of halogens is 4. The number of nitrogens with one attached hydrogen (secondary N) is 2. The highest BCUT2D eigenvalue weighted by Gasteiger charge is 2.34. The minimum absolute atomic E-state index is 0.0542. The summed E-state index contributed by atoms with van der Waals surface area (Å²) < 4.78 is 58.8. The summed E-state index contributed by atoms with van der Waals surface area (Å²) in [6.45, 7) is 1.41. The molecule has 8 nitrogen and oxygen atoms in total. The molecule has 12 heteroatoms. The number of hydrogen-bond donors (Lipinski definition) is 2. The molecule has 0 bridgehead atoms. The number of carbonyl (C=O) groups is 2. The highest BCUT2D eigenvalue weighted by molar-refractivity contribution is 5.90. The zero-order chi connectivity index (χ0) is 21.1. The number of rotatable bonds is 5. The van der Waals surface area contributed by atoms with Gasteiger partial charge in [-0.25, -0.2) is 18.6 Å². The van der Waals surface area contributed by atoms with Crippen LogP contribution in [0.25, 0.3) is 0 Å². The van der Waals surface area contributed by atoms with E-state index in [1.165, 1.54) is 0 Å². The Balaban J connectivity index is 1.71. The summed E-state index contributed by atoms with van der Waals surface area (Å²) in [4.78, 5) is 25.5. The molecule has 2 aliphatic rings. The zero-order valence-corrected chi connectivity index (χ0v) is 15.6. The lowest BCUT2D eigenvalue weighted by molar-refractivity contribution is -0.132. The quantitative estimate of drug-likeness (QED) is 0.692. The second kappa shape index (κ2) is 8.82. The minimum atomic E-state index is -3.19. The first kappa shape index (κ1) is 21.1. The van der Waals surface area contributed by atoms with Gasteiger partial charge in [-0.15, -0.1) is 0 Å². The van der Waals surface area contributed by atoms with E-state index in [2.05, 4.69) is 5.43 Å². The van der Waals surface area contributed by atoms with Crippen LogP contribution in [0.3, 0.4) is 0 Å². The lowest BCUT2D eigenvalue weighted by atomic mass is 10.2. The van der Waals surface area contributed by atoms with Crippen LogP contribution in [0.4, 0.5) is 33.7 Å². The minimum Gasteiger partial charge on any atom is -0.442 e. The average Bonchev–Trinajstić information content (AvgIpc) is 2.90. The normalized spacial score (nSPS) is 20.8. The second-order valence-electron chi connectivity index (χ2n) is 6.74. The van der Waals surface area contributed by atoms with Gasteiger partial charge in [-0.1, -0.05) is 0 Å². The van der Waals surface area contributed by atoms with Gasteiger partial charge >= 0.3 is 12.5 Å². The second-order valence-corrected chi connectivity index (χ2v) is 6.74. The molecular formula is C17H21F4N5O3. The van der Waals surface area contributed by atoms with E-state index in [-0.39, 0.29) is 24.5 Å². The number of anilines is 2. The summed E-state index contributed by atoms with van der Waals surface area (Å²) >= 11 is 0. The fraction of sp³-hybridized carbons (Fsp3) is 0.529. The van der Waals surface area contributed by atoms with Gasteiger partial charge in [0.2, 0.25) is 0 Å². The maximum absolute atomic E-state index is 14.7. The van der Waals surface area contributed by atoms with Crippen LogP contribution in [0.2, 0.25) is 0 Å². The van der Waals surface area contributed by atoms with E-state index in [1.54, 1.807) is 4.90 Å². The van der Waals surface area contributed by atoms with Gasteiger partial charge in [0.15, 0.2) is 11.6 Å². The topological polar surface area (TPSA) is 77.2 Å². The molecule has 0 unspecified atom stereocenters. The summed E-state index contributed by atoms with van der Waals surface area (Å²) in [7, 11) is 1.83. The van der Waals surface area contributed by atoms with Crippen LogP contribution >= 0.6 is 0 Å². The van der Waals surface area contributed by atoms with Crippen LogP contribution in [0.15, 0.2) is 12.1 Å². The summed E-state index contributed by atoms with van der Waals surface area (Å²) in [5, 5.41) is 3.77. The molecule has 3 rings (SSSR count). The molecule has 1 atom stereocenters. The molecule has 0 aromatic heterocycles. The van der Waals surface area contributed by atoms with E-state index in [0.717, 1.165) is 17.0 Å². The maximum Gasteiger partial charge on any atom is 0.414 e. The highest BCUT2D eigenvalue weighted by Crippen LogP contribution is 2.31. The average molecular weight is 419 g/mol. The summed E-state index contributed by atoms with van der Waals surface area (Å²) in [6, 6.07) is 2.06. The fourth-order valence-corrected chi connectivity index (χ4v) is 3.20. The van der Waals surface area contributed by atoms with Crippen molar-refractivity contribution in [1.82, 2.24) is 15.8 Å². The zero-order valence-electron chi connectivity index (χ0n) is 15.6. The van der Waals surface area contributed by atoms with E-state index in [0.29, 0.717) is 26.2 Å². The Labute approximate surface area is 164 Å². The van der Waals surface area contributed by atoms with Crippen molar-refractivity contribution in [1.29, 1.82) is 0 Å². The molecule has 0 saturated carbocycles. The molecule has 0 radical (unpaired) electrons. The largest absolute Gasteiger partial charge is 0.442 e. The molecule has 160 valence electrons. The van der Waals surface area contributed by atoms with Crippen molar-refractivity contribution in [2.75, 3.05) is 56.1 Å². The van der Waals surface area contributed by atoms with Crippen molar-refractivity contribution in [2.24, 2.45) is 0 Å². The number of carbonyl (C=O) groups excluding carboxylic acids is 2. The fourth-order valence-electron chi connectivity index (χ4n) is 3.20. The summed E-state index contributed by atoms with van der Waals surface area (Å²) in [6.07, 6.45) is -4.98. The number of cyclic esters (lactones) is 1. The number of hydrazine groups is 1. The van der Waals surface area contributed by atoms with Gasteiger partial charge in [0, 0.05) is 45.4 Å². The highest BCUT2D eigenvalue weighted by atomic mass is 19.3. The lowest BCUT2D eigenvalue weighted by Gasteiger charge is -2.24. The predicted octanol–water partition coefficient (Wildman–Crippen LogP) is 0.928. The van der Waals surface area contributed by atoms with E-state index >= 15 is 0 Å². The first-order valence-electron chi connectivity index (χ1n) is 8.99. The number of amides is 2. The third-order valence-corrected chi connectivity index (χ3v) is 4.67. The van der Waals surface area contributed by atoms with Crippen molar-refractivity contribution in [3.05, 3.63) is 23.8 Å². The Hall–Kier alpha value is -2.60. The van der Waals surface area contributed by atoms with Gasteiger partial charge < -0.3 is 15.0 Å². The molecule has 2 amide bonds. The van der Waals surface area contributed by atoms with Gasteiger partial charge in [-0.3, -0.25) is 15.1 Å². The third-order valence-electron chi connectivity index (χ3n) is 4.67. The van der Waals surface area contributed by atoms with Crippen molar-refractivity contribution in [3.63, 3.8) is 0 Å². The van der Waals surface area contributed by atoms with Crippen LogP contribution in [-0.4, -0.2) is 75.9 Å². The molecular weight excluding hydrogens is 398 g/mol. The predicted molar refractivity (Wildman–Crippen MR) is 95.8 cm³/mol. The molecule has 2 fully saturated rings. The van der Waals surface area contributed by atoms with Crippen LogP contribution < -0.4 is 20.5 Å². The van der Waals surface area contributed by atoms with Crippen LogP contribution in [-0.2, 0) is 9.53 Å². The van der Waals surface area contributed by atoms with E-state index in [4.69, 9.17) is 4.74 Å². The van der Waals surface area contributed by atoms with Crippen LogP contribution in [0.1, 0.15) is 0 Å². The Morgan fingerprint density at radius 1 is 1.28 bits per heavy atom. The Bertz CT molecular complexity index is 758. The Morgan fingerprint density at radius 2 is 1.97 bits per heavy atom. The van der Waals surface area contributed by atoms with Gasteiger partial charge in [-0.2, -0.15) is 8.78 Å². The SMILES string of the molecule is CN1CCN(c2c(F)cc(N3C[C@H](CNC(=O)C(F)F)OC3=O)cc2F)CCN1. The number of benzene rings is 1. The molecule has 2 heterocycles. The van der Waals surface area contributed by atoms with Crippen LogP contribution in [0.5, 0.6) is 0 Å². The first-order chi connectivity index (χ1) is 13.8. The van der Waals surface area contributed by atoms with Crippen molar-refractivity contribution < 1.29 is 31.9 Å². The number of likely N-dealkylation sites (N-methyl/N-ethyl adjacent to an activating group) is 1. The van der Waals surface area contributed by atoms with Gasteiger partial charge in [-0.05, 0) is 0 Å². The number of hydrogen-bond acceptors (Lipinski definition) is 6. The van der Waals surface area contributed by atoms with E-state index in [9.17, 15) is 27.2 Å². The van der Waals surface area contributed by atoms with Crippen molar-refractivity contribution in [2.45, 2.75) is 12.5 Å². The first-order valence-corrected chi connectivity index (χ1v) is 8.99. The lowest BCUT2D eigenvalue weighted by Crippen LogP contribution is -2.37. The van der Waals surface area contributed by atoms with Crippen molar-refractivity contribution >= 4 is 23.4 Å². The monoisotopic (exact) mass is 419 g/mol. The number of ether oxygens (including phenoxy) is 1. The molecule has 29 heavy (non-hydrogen) atoms. The molecule has 2 saturated heterocycles. The number of nitrogens with zero attached hydrogens (tertiary/aromatic N) is 3. The summed E-state index contributed by atoms with van der Waals surface area (Å²) in [5.41, 5.74) is 2.84. The Kier molecular flexibility index (Phi) is 6.42. The van der Waals surface area contributed by atoms with Gasteiger partial charge in [0.25, 0.3) is 5.91 Å². The standard InChI is InChI=1S/C17H21F4N5O3/c1-24-4-5-25(3-2-23-24)14-12(18)6-10(7-13(14)19)26-9-11(29-17(26)28)8-22-16(27)15(20)21/h6-7,11,15,23H,2-5,8-9H2,1H3,(H,22,27)/t11-/m0/s1. The van der Waals surface area contributed by atoms with Gasteiger partial charge in [0.05, 0.1) is 18.8 Å². The molecule has 0 aliphatic carbocycles. The summed E-state index contributed by atoms with van der Waals surface area (Å²) in [5.74, 6) is -3.14. The van der Waals surface area contributed by atoms with Crippen LogP contribution in [0, 0.1) is 11.6 Å².